The van der Waals surface area contributed by atoms with Crippen LogP contribution in [0, 0.1) is 0 Å². The lowest BCUT2D eigenvalue weighted by molar-refractivity contribution is 0.156. The van der Waals surface area contributed by atoms with E-state index >= 15 is 0 Å². The molecule has 2 rings (SSSR count). The molecule has 2 fully saturated rings. The zero-order chi connectivity index (χ0) is 10.7. The standard InChI is InChI=1S/C12H23N3/c1-11-3-5-13-6-8-15-10-9-14(7-4-11)12(15)2/h12-13H,1,3-10H2,2H3. The SMILES string of the molecule is C=C1CCNCCN2CCN(CC1)C2C. The fourth-order valence-electron chi connectivity index (χ4n) is 2.50. The van der Waals surface area contributed by atoms with Crippen LogP contribution in [-0.4, -0.2) is 55.2 Å². The van der Waals surface area contributed by atoms with Gasteiger partial charge in [-0.2, -0.15) is 0 Å². The molecule has 0 amide bonds. The molecule has 0 radical (unpaired) electrons. The molecule has 3 heteroatoms. The normalized spacial score (nSPS) is 38.7. The molecule has 0 aromatic carbocycles. The van der Waals surface area contributed by atoms with Crippen molar-refractivity contribution < 1.29 is 0 Å². The predicted octanol–water partition coefficient (Wildman–Crippen LogP) is 0.890. The van der Waals surface area contributed by atoms with Gasteiger partial charge >= 0.3 is 0 Å². The quantitative estimate of drug-likeness (QED) is 0.598. The summed E-state index contributed by atoms with van der Waals surface area (Å²) in [5, 5.41) is 3.50. The molecule has 2 aliphatic rings. The van der Waals surface area contributed by atoms with Gasteiger partial charge in [0.25, 0.3) is 0 Å². The first kappa shape index (κ1) is 11.1. The average Bonchev–Trinajstić information content (AvgIpc) is 2.54. The van der Waals surface area contributed by atoms with Crippen LogP contribution in [0.2, 0.25) is 0 Å². The van der Waals surface area contributed by atoms with Gasteiger partial charge in [-0.05, 0) is 26.3 Å². The van der Waals surface area contributed by atoms with Crippen molar-refractivity contribution in [2.45, 2.75) is 25.9 Å². The summed E-state index contributed by atoms with van der Waals surface area (Å²) >= 11 is 0. The van der Waals surface area contributed by atoms with Gasteiger partial charge in [0.2, 0.25) is 0 Å². The Bertz CT molecular complexity index is 227. The van der Waals surface area contributed by atoms with E-state index in [1.54, 1.807) is 0 Å². The highest BCUT2D eigenvalue weighted by molar-refractivity contribution is 4.96. The van der Waals surface area contributed by atoms with Gasteiger partial charge in [0.05, 0.1) is 6.17 Å². The molecule has 15 heavy (non-hydrogen) atoms. The summed E-state index contributed by atoms with van der Waals surface area (Å²) in [6, 6.07) is 0. The number of hydrogen-bond donors (Lipinski definition) is 1. The van der Waals surface area contributed by atoms with Crippen LogP contribution in [0.15, 0.2) is 12.2 Å². The van der Waals surface area contributed by atoms with Crippen LogP contribution < -0.4 is 5.32 Å². The minimum Gasteiger partial charge on any atom is -0.315 e. The molecule has 3 nitrogen and oxygen atoms in total. The summed E-state index contributed by atoms with van der Waals surface area (Å²) in [6.45, 7) is 13.5. The Hall–Kier alpha value is -0.380. The van der Waals surface area contributed by atoms with Crippen LogP contribution in [0.3, 0.4) is 0 Å². The highest BCUT2D eigenvalue weighted by Gasteiger charge is 2.27. The Kier molecular flexibility index (Phi) is 3.78. The Morgan fingerprint density at radius 2 is 1.80 bits per heavy atom. The third-order valence-electron chi connectivity index (χ3n) is 3.72. The molecule has 0 saturated carbocycles. The maximum Gasteiger partial charge on any atom is 0.0594 e. The number of nitrogens with one attached hydrogen (secondary N) is 1. The molecular formula is C12H23N3. The Labute approximate surface area is 93.1 Å². The van der Waals surface area contributed by atoms with Crippen molar-refractivity contribution in [3.05, 3.63) is 12.2 Å². The second-order valence-corrected chi connectivity index (χ2v) is 4.70. The lowest BCUT2D eigenvalue weighted by atomic mass is 10.1. The highest BCUT2D eigenvalue weighted by atomic mass is 15.4. The van der Waals surface area contributed by atoms with Crippen molar-refractivity contribution in [1.82, 2.24) is 15.1 Å². The van der Waals surface area contributed by atoms with Gasteiger partial charge in [0.1, 0.15) is 0 Å². The van der Waals surface area contributed by atoms with E-state index in [4.69, 9.17) is 0 Å². The molecule has 2 aliphatic heterocycles. The molecule has 0 spiro atoms. The molecular weight excluding hydrogens is 186 g/mol. The van der Waals surface area contributed by atoms with Crippen molar-refractivity contribution in [2.24, 2.45) is 0 Å². The number of nitrogens with zero attached hydrogens (tertiary/aromatic N) is 2. The zero-order valence-electron chi connectivity index (χ0n) is 9.84. The summed E-state index contributed by atoms with van der Waals surface area (Å²) < 4.78 is 0. The van der Waals surface area contributed by atoms with Gasteiger partial charge in [-0.1, -0.05) is 12.2 Å². The van der Waals surface area contributed by atoms with Crippen LogP contribution in [-0.2, 0) is 0 Å². The Balaban J connectivity index is 1.95. The van der Waals surface area contributed by atoms with Crippen molar-refractivity contribution >= 4 is 0 Å². The molecule has 2 heterocycles. The minimum atomic E-state index is 0.623. The van der Waals surface area contributed by atoms with Gasteiger partial charge in [-0.15, -0.1) is 0 Å². The molecule has 3 unspecified atom stereocenters. The number of rotatable bonds is 0. The maximum atomic E-state index is 4.15. The van der Waals surface area contributed by atoms with Gasteiger partial charge in [-0.25, -0.2) is 0 Å². The average molecular weight is 209 g/mol. The van der Waals surface area contributed by atoms with E-state index < -0.39 is 0 Å². The molecule has 1 N–H and O–H groups in total. The lowest BCUT2D eigenvalue weighted by Gasteiger charge is -2.26. The van der Waals surface area contributed by atoms with Crippen molar-refractivity contribution in [2.75, 3.05) is 39.3 Å². The van der Waals surface area contributed by atoms with E-state index in [0.717, 1.165) is 19.5 Å². The predicted molar refractivity (Wildman–Crippen MR) is 63.9 cm³/mol. The highest BCUT2D eigenvalue weighted by Crippen LogP contribution is 2.16. The monoisotopic (exact) mass is 209 g/mol. The number of fused-ring (bicyclic) bond motifs is 2. The van der Waals surface area contributed by atoms with Crippen molar-refractivity contribution in [1.29, 1.82) is 0 Å². The molecule has 2 saturated heterocycles. The van der Waals surface area contributed by atoms with Crippen molar-refractivity contribution in [3.63, 3.8) is 0 Å². The second-order valence-electron chi connectivity index (χ2n) is 4.70. The van der Waals surface area contributed by atoms with E-state index in [1.165, 1.54) is 38.2 Å². The molecule has 3 atom stereocenters. The third-order valence-corrected chi connectivity index (χ3v) is 3.72. The van der Waals surface area contributed by atoms with Gasteiger partial charge < -0.3 is 5.32 Å². The van der Waals surface area contributed by atoms with Crippen LogP contribution in [0.5, 0.6) is 0 Å². The molecule has 2 bridgehead atoms. The Morgan fingerprint density at radius 3 is 2.60 bits per heavy atom. The largest absolute Gasteiger partial charge is 0.315 e. The van der Waals surface area contributed by atoms with Gasteiger partial charge in [0, 0.05) is 32.7 Å². The van der Waals surface area contributed by atoms with Crippen LogP contribution in [0.25, 0.3) is 0 Å². The van der Waals surface area contributed by atoms with E-state index in [9.17, 15) is 0 Å². The third kappa shape index (κ3) is 2.80. The summed E-state index contributed by atoms with van der Waals surface area (Å²) in [6.07, 6.45) is 2.93. The number of hydrogen-bond acceptors (Lipinski definition) is 3. The van der Waals surface area contributed by atoms with Gasteiger partial charge in [-0.3, -0.25) is 9.80 Å². The molecule has 0 aliphatic carbocycles. The molecule has 86 valence electrons. The molecule has 0 aromatic heterocycles. The van der Waals surface area contributed by atoms with Crippen LogP contribution >= 0.6 is 0 Å². The minimum absolute atomic E-state index is 0.623. The van der Waals surface area contributed by atoms with E-state index in [1.807, 2.05) is 0 Å². The first-order chi connectivity index (χ1) is 7.27. The lowest BCUT2D eigenvalue weighted by Crippen LogP contribution is -2.39. The first-order valence-electron chi connectivity index (χ1n) is 6.13. The summed E-state index contributed by atoms with van der Waals surface area (Å²) in [7, 11) is 0. The summed E-state index contributed by atoms with van der Waals surface area (Å²) in [4.78, 5) is 5.15. The Morgan fingerprint density at radius 1 is 1.07 bits per heavy atom. The van der Waals surface area contributed by atoms with Crippen LogP contribution in [0.1, 0.15) is 19.8 Å². The fraction of sp³-hybridized carbons (Fsp3) is 0.833. The van der Waals surface area contributed by atoms with E-state index in [2.05, 4.69) is 28.6 Å². The maximum absolute atomic E-state index is 4.15. The van der Waals surface area contributed by atoms with Crippen molar-refractivity contribution in [3.8, 4) is 0 Å². The topological polar surface area (TPSA) is 18.5 Å². The fourth-order valence-corrected chi connectivity index (χ4v) is 2.50. The van der Waals surface area contributed by atoms with E-state index in [-0.39, 0.29) is 0 Å². The second kappa shape index (κ2) is 5.10. The summed E-state index contributed by atoms with van der Waals surface area (Å²) in [5.74, 6) is 0. The first-order valence-corrected chi connectivity index (χ1v) is 6.13. The van der Waals surface area contributed by atoms with Gasteiger partial charge in [0.15, 0.2) is 0 Å². The zero-order valence-corrected chi connectivity index (χ0v) is 9.84. The molecule has 0 aromatic rings. The van der Waals surface area contributed by atoms with Crippen LogP contribution in [0.4, 0.5) is 0 Å². The van der Waals surface area contributed by atoms with E-state index in [0.29, 0.717) is 6.17 Å². The summed E-state index contributed by atoms with van der Waals surface area (Å²) in [5.41, 5.74) is 1.40. The smallest absolute Gasteiger partial charge is 0.0594 e.